The van der Waals surface area contributed by atoms with Gasteiger partial charge in [0.05, 0.1) is 6.04 Å². The van der Waals surface area contributed by atoms with E-state index in [4.69, 9.17) is 4.74 Å². The maximum atomic E-state index is 13.0. The van der Waals surface area contributed by atoms with Crippen molar-refractivity contribution in [2.45, 2.75) is 77.5 Å². The standard InChI is InChI=1S/C22H31FN2O4/c1-15(24-21(28)29-22(2,3)4)18-7-5-6-14-25(18)20(27)13-12-19(26)16-8-10-17(23)11-9-16/h8-11,15,18H,5-7,12-14H2,1-4H3,(H,24,28)/t15-,18+/m1/s1. The SMILES string of the molecule is C[C@@H](NC(=O)OC(C)(C)C)[C@@H]1CCCCN1C(=O)CCC(=O)c1ccc(F)cc1. The smallest absolute Gasteiger partial charge is 0.407 e. The lowest BCUT2D eigenvalue weighted by molar-refractivity contribution is -0.135. The molecule has 0 aliphatic carbocycles. The van der Waals surface area contributed by atoms with Gasteiger partial charge in [0.25, 0.3) is 0 Å². The summed E-state index contributed by atoms with van der Waals surface area (Å²) in [5.41, 5.74) is -0.193. The molecule has 1 N–H and O–H groups in total. The Balaban J connectivity index is 1.93. The Morgan fingerprint density at radius 1 is 1.17 bits per heavy atom. The molecule has 7 heteroatoms. The Bertz CT molecular complexity index is 727. The summed E-state index contributed by atoms with van der Waals surface area (Å²) in [6.45, 7) is 7.86. The lowest BCUT2D eigenvalue weighted by Gasteiger charge is -2.39. The molecule has 6 nitrogen and oxygen atoms in total. The molecule has 160 valence electrons. The van der Waals surface area contributed by atoms with Crippen molar-refractivity contribution in [3.05, 3.63) is 35.6 Å². The van der Waals surface area contributed by atoms with Crippen LogP contribution in [0.25, 0.3) is 0 Å². The molecular formula is C22H31FN2O4. The van der Waals surface area contributed by atoms with Gasteiger partial charge < -0.3 is 15.0 Å². The first-order valence-corrected chi connectivity index (χ1v) is 10.1. The molecule has 2 rings (SSSR count). The second-order valence-corrected chi connectivity index (χ2v) is 8.52. The summed E-state index contributed by atoms with van der Waals surface area (Å²) < 4.78 is 18.3. The topological polar surface area (TPSA) is 75.7 Å². The molecule has 2 amide bonds. The molecule has 1 aromatic rings. The van der Waals surface area contributed by atoms with Crippen LogP contribution in [0.5, 0.6) is 0 Å². The van der Waals surface area contributed by atoms with E-state index < -0.39 is 17.5 Å². The normalized spacial score (nSPS) is 18.1. The van der Waals surface area contributed by atoms with E-state index in [1.165, 1.54) is 24.3 Å². The summed E-state index contributed by atoms with van der Waals surface area (Å²) in [4.78, 5) is 38.9. The fraction of sp³-hybridized carbons (Fsp3) is 0.591. The van der Waals surface area contributed by atoms with E-state index in [2.05, 4.69) is 5.32 Å². The third-order valence-electron chi connectivity index (χ3n) is 4.92. The van der Waals surface area contributed by atoms with Crippen molar-refractivity contribution < 1.29 is 23.5 Å². The highest BCUT2D eigenvalue weighted by Gasteiger charge is 2.32. The van der Waals surface area contributed by atoms with Crippen LogP contribution in [0.3, 0.4) is 0 Å². The highest BCUT2D eigenvalue weighted by molar-refractivity contribution is 5.97. The lowest BCUT2D eigenvalue weighted by Crippen LogP contribution is -2.54. The number of carbonyl (C=O) groups is 3. The number of nitrogens with zero attached hydrogens (tertiary/aromatic N) is 1. The Morgan fingerprint density at radius 2 is 1.83 bits per heavy atom. The highest BCUT2D eigenvalue weighted by Crippen LogP contribution is 2.22. The fourth-order valence-corrected chi connectivity index (χ4v) is 3.52. The first-order chi connectivity index (χ1) is 13.6. The number of halogens is 1. The van der Waals surface area contributed by atoms with Gasteiger partial charge in [0, 0.05) is 31.0 Å². The minimum absolute atomic E-state index is 0.0710. The molecule has 0 unspecified atom stereocenters. The number of alkyl carbamates (subject to hydrolysis) is 1. The largest absolute Gasteiger partial charge is 0.444 e. The fourth-order valence-electron chi connectivity index (χ4n) is 3.52. The second-order valence-electron chi connectivity index (χ2n) is 8.52. The monoisotopic (exact) mass is 406 g/mol. The third kappa shape index (κ3) is 7.15. The average molecular weight is 406 g/mol. The number of piperidine rings is 1. The van der Waals surface area contributed by atoms with Gasteiger partial charge in [-0.25, -0.2) is 9.18 Å². The number of Topliss-reactive ketones (excluding diaryl/α,β-unsaturated/α-hetero) is 1. The molecule has 0 saturated carbocycles. The van der Waals surface area contributed by atoms with Crippen LogP contribution in [0.1, 0.15) is 70.2 Å². The van der Waals surface area contributed by atoms with Gasteiger partial charge in [-0.15, -0.1) is 0 Å². The average Bonchev–Trinajstić information content (AvgIpc) is 2.64. The lowest BCUT2D eigenvalue weighted by atomic mass is 9.95. The zero-order valence-corrected chi connectivity index (χ0v) is 17.7. The van der Waals surface area contributed by atoms with Crippen LogP contribution < -0.4 is 5.32 Å². The molecular weight excluding hydrogens is 375 g/mol. The number of benzene rings is 1. The van der Waals surface area contributed by atoms with Crippen LogP contribution in [0.15, 0.2) is 24.3 Å². The van der Waals surface area contributed by atoms with E-state index in [9.17, 15) is 18.8 Å². The van der Waals surface area contributed by atoms with E-state index in [1.54, 1.807) is 25.7 Å². The van der Waals surface area contributed by atoms with Crippen molar-refractivity contribution in [2.75, 3.05) is 6.54 Å². The molecule has 2 atom stereocenters. The minimum atomic E-state index is -0.591. The summed E-state index contributed by atoms with van der Waals surface area (Å²) in [6.07, 6.45) is 2.31. The minimum Gasteiger partial charge on any atom is -0.444 e. The van der Waals surface area contributed by atoms with Gasteiger partial charge in [-0.1, -0.05) is 0 Å². The zero-order valence-electron chi connectivity index (χ0n) is 17.7. The van der Waals surface area contributed by atoms with E-state index in [0.717, 1.165) is 19.3 Å². The van der Waals surface area contributed by atoms with Gasteiger partial charge in [-0.2, -0.15) is 0 Å². The zero-order chi connectivity index (χ0) is 21.6. The van der Waals surface area contributed by atoms with Crippen molar-refractivity contribution in [3.8, 4) is 0 Å². The number of hydrogen-bond acceptors (Lipinski definition) is 4. The maximum absolute atomic E-state index is 13.0. The Labute approximate surface area is 171 Å². The van der Waals surface area contributed by atoms with E-state index in [1.807, 2.05) is 6.92 Å². The molecule has 0 aromatic heterocycles. The number of ketones is 1. The van der Waals surface area contributed by atoms with Crippen molar-refractivity contribution in [1.29, 1.82) is 0 Å². The molecule has 29 heavy (non-hydrogen) atoms. The van der Waals surface area contributed by atoms with Crippen LogP contribution in [-0.4, -0.2) is 46.9 Å². The molecule has 1 aromatic carbocycles. The van der Waals surface area contributed by atoms with E-state index >= 15 is 0 Å². The molecule has 1 heterocycles. The Morgan fingerprint density at radius 3 is 2.45 bits per heavy atom. The van der Waals surface area contributed by atoms with Gasteiger partial charge in [0.2, 0.25) is 5.91 Å². The van der Waals surface area contributed by atoms with Crippen molar-refractivity contribution in [1.82, 2.24) is 10.2 Å². The summed E-state index contributed by atoms with van der Waals surface area (Å²) in [7, 11) is 0. The Kier molecular flexibility index (Phi) is 7.76. The first-order valence-electron chi connectivity index (χ1n) is 10.1. The predicted molar refractivity (Wildman–Crippen MR) is 108 cm³/mol. The van der Waals surface area contributed by atoms with E-state index in [0.29, 0.717) is 12.1 Å². The number of hydrogen-bond donors (Lipinski definition) is 1. The number of nitrogens with one attached hydrogen (secondary N) is 1. The molecule has 0 spiro atoms. The molecule has 0 bridgehead atoms. The van der Waals surface area contributed by atoms with Gasteiger partial charge >= 0.3 is 6.09 Å². The van der Waals surface area contributed by atoms with Crippen LogP contribution in [0.2, 0.25) is 0 Å². The second kappa shape index (κ2) is 9.85. The maximum Gasteiger partial charge on any atom is 0.407 e. The summed E-state index contributed by atoms with van der Waals surface area (Å²) >= 11 is 0. The van der Waals surface area contributed by atoms with Gasteiger partial charge in [0.1, 0.15) is 11.4 Å². The van der Waals surface area contributed by atoms with Crippen molar-refractivity contribution in [3.63, 3.8) is 0 Å². The van der Waals surface area contributed by atoms with E-state index in [-0.39, 0.29) is 36.6 Å². The van der Waals surface area contributed by atoms with Crippen LogP contribution in [0.4, 0.5) is 9.18 Å². The number of likely N-dealkylation sites (tertiary alicyclic amines) is 1. The number of amides is 2. The predicted octanol–water partition coefficient (Wildman–Crippen LogP) is 4.08. The molecule has 1 saturated heterocycles. The van der Waals surface area contributed by atoms with Crippen LogP contribution in [-0.2, 0) is 9.53 Å². The number of rotatable bonds is 6. The van der Waals surface area contributed by atoms with Gasteiger partial charge in [-0.3, -0.25) is 9.59 Å². The molecule has 1 fully saturated rings. The molecule has 0 radical (unpaired) electrons. The summed E-state index contributed by atoms with van der Waals surface area (Å²) in [6, 6.07) is 4.93. The van der Waals surface area contributed by atoms with Crippen LogP contribution in [0, 0.1) is 5.82 Å². The molecule has 1 aliphatic rings. The van der Waals surface area contributed by atoms with Gasteiger partial charge in [-0.05, 0) is 71.2 Å². The summed E-state index contributed by atoms with van der Waals surface area (Å²) in [5.74, 6) is -0.699. The Hall–Kier alpha value is -2.44. The highest BCUT2D eigenvalue weighted by atomic mass is 19.1. The van der Waals surface area contributed by atoms with Gasteiger partial charge in [0.15, 0.2) is 5.78 Å². The number of carbonyl (C=O) groups excluding carboxylic acids is 3. The van der Waals surface area contributed by atoms with Crippen LogP contribution >= 0.6 is 0 Å². The third-order valence-corrected chi connectivity index (χ3v) is 4.92. The quantitative estimate of drug-likeness (QED) is 0.722. The van der Waals surface area contributed by atoms with Crippen molar-refractivity contribution >= 4 is 17.8 Å². The number of ether oxygens (including phenoxy) is 1. The molecule has 1 aliphatic heterocycles. The van der Waals surface area contributed by atoms with Crippen molar-refractivity contribution in [2.24, 2.45) is 0 Å². The first kappa shape index (κ1) is 22.8. The summed E-state index contributed by atoms with van der Waals surface area (Å²) in [5, 5.41) is 2.83.